The molecule has 0 bridgehead atoms. The number of carbonyl (C=O) groups is 1. The molecule has 0 aliphatic heterocycles. The number of rotatable bonds is 7. The van der Waals surface area contributed by atoms with Gasteiger partial charge in [0.05, 0.1) is 11.4 Å². The van der Waals surface area contributed by atoms with Gasteiger partial charge in [0.15, 0.2) is 6.61 Å². The van der Waals surface area contributed by atoms with Gasteiger partial charge in [-0.2, -0.15) is 5.10 Å². The third kappa shape index (κ3) is 4.99. The standard InChI is InChI=1S/C28H23N3O4/c1-30(26(32)19-34-24-14-12-20-13-15-27(33)35-25(20)16-24)17-22-18-31(23-10-6-3-7-11-23)29-28(22)21-8-4-2-5-9-21/h2-16,18H,17,19H2,1H3. The second-order valence-corrected chi connectivity index (χ2v) is 8.14. The van der Waals surface area contributed by atoms with Crippen molar-refractivity contribution in [2.75, 3.05) is 13.7 Å². The number of nitrogens with zero attached hydrogens (tertiary/aromatic N) is 3. The van der Waals surface area contributed by atoms with Crippen LogP contribution in [0.15, 0.2) is 106 Å². The molecule has 0 saturated carbocycles. The van der Waals surface area contributed by atoms with Gasteiger partial charge in [-0.25, -0.2) is 9.48 Å². The molecule has 2 heterocycles. The van der Waals surface area contributed by atoms with Crippen molar-refractivity contribution in [2.24, 2.45) is 0 Å². The van der Waals surface area contributed by atoms with Crippen molar-refractivity contribution in [3.63, 3.8) is 0 Å². The SMILES string of the molecule is CN(Cc1cn(-c2ccccc2)nc1-c1ccccc1)C(=O)COc1ccc2ccc(=O)oc2c1. The smallest absolute Gasteiger partial charge is 0.336 e. The lowest BCUT2D eigenvalue weighted by atomic mass is 10.1. The molecule has 0 N–H and O–H groups in total. The first-order valence-electron chi connectivity index (χ1n) is 11.2. The molecule has 0 spiro atoms. The molecular formula is C28H23N3O4. The number of amides is 1. The molecule has 0 fully saturated rings. The van der Waals surface area contributed by atoms with Crippen molar-refractivity contribution >= 4 is 16.9 Å². The molecule has 35 heavy (non-hydrogen) atoms. The molecule has 0 radical (unpaired) electrons. The number of hydrogen-bond acceptors (Lipinski definition) is 5. The Morgan fingerprint density at radius 1 is 0.971 bits per heavy atom. The summed E-state index contributed by atoms with van der Waals surface area (Å²) in [7, 11) is 1.74. The third-order valence-electron chi connectivity index (χ3n) is 5.65. The van der Waals surface area contributed by atoms with Gasteiger partial charge in [-0.05, 0) is 30.3 Å². The highest BCUT2D eigenvalue weighted by molar-refractivity contribution is 5.79. The number of ether oxygens (including phenoxy) is 1. The van der Waals surface area contributed by atoms with Crippen LogP contribution in [0.2, 0.25) is 0 Å². The van der Waals surface area contributed by atoms with Crippen molar-refractivity contribution < 1.29 is 13.9 Å². The van der Waals surface area contributed by atoms with Crippen molar-refractivity contribution in [1.29, 1.82) is 0 Å². The molecule has 5 aromatic rings. The fourth-order valence-corrected chi connectivity index (χ4v) is 3.81. The first-order valence-corrected chi connectivity index (χ1v) is 11.2. The van der Waals surface area contributed by atoms with Gasteiger partial charge in [-0.1, -0.05) is 48.5 Å². The van der Waals surface area contributed by atoms with Gasteiger partial charge >= 0.3 is 5.63 Å². The maximum absolute atomic E-state index is 12.9. The topological polar surface area (TPSA) is 77.6 Å². The molecule has 3 aromatic carbocycles. The summed E-state index contributed by atoms with van der Waals surface area (Å²) in [6, 6.07) is 27.9. The van der Waals surface area contributed by atoms with E-state index < -0.39 is 5.63 Å². The number of likely N-dealkylation sites (N-methyl/N-ethyl adjacent to an activating group) is 1. The molecule has 0 saturated heterocycles. The Morgan fingerprint density at radius 2 is 1.69 bits per heavy atom. The van der Waals surface area contributed by atoms with E-state index in [1.165, 1.54) is 6.07 Å². The number of hydrogen-bond donors (Lipinski definition) is 0. The van der Waals surface area contributed by atoms with Crippen LogP contribution in [0, 0.1) is 0 Å². The van der Waals surface area contributed by atoms with Crippen LogP contribution in [-0.4, -0.2) is 34.2 Å². The molecule has 2 aromatic heterocycles. The Bertz CT molecular complexity index is 1520. The van der Waals surface area contributed by atoms with Crippen LogP contribution in [-0.2, 0) is 11.3 Å². The van der Waals surface area contributed by atoms with E-state index in [1.54, 1.807) is 36.2 Å². The minimum absolute atomic E-state index is 0.146. The molecule has 7 heteroatoms. The Kier molecular flexibility index (Phi) is 6.13. The van der Waals surface area contributed by atoms with Crippen LogP contribution in [0.4, 0.5) is 0 Å². The van der Waals surface area contributed by atoms with Crippen molar-refractivity contribution in [3.05, 3.63) is 113 Å². The van der Waals surface area contributed by atoms with E-state index in [4.69, 9.17) is 14.3 Å². The van der Waals surface area contributed by atoms with Crippen LogP contribution in [0.25, 0.3) is 27.9 Å². The summed E-state index contributed by atoms with van der Waals surface area (Å²) in [5.74, 6) is 0.265. The van der Waals surface area contributed by atoms with Crippen molar-refractivity contribution in [1.82, 2.24) is 14.7 Å². The zero-order valence-electron chi connectivity index (χ0n) is 19.1. The van der Waals surface area contributed by atoms with Gasteiger partial charge in [0.25, 0.3) is 5.91 Å². The quantitative estimate of drug-likeness (QED) is 0.326. The number of para-hydroxylation sites is 1. The minimum atomic E-state index is -0.435. The van der Waals surface area contributed by atoms with Gasteiger partial charge in [0.2, 0.25) is 0 Å². The maximum Gasteiger partial charge on any atom is 0.336 e. The second-order valence-electron chi connectivity index (χ2n) is 8.14. The molecule has 7 nitrogen and oxygen atoms in total. The van der Waals surface area contributed by atoms with E-state index in [1.807, 2.05) is 71.5 Å². The molecule has 0 aliphatic carbocycles. The fraction of sp³-hybridized carbons (Fsp3) is 0.107. The van der Waals surface area contributed by atoms with E-state index in [0.717, 1.165) is 27.9 Å². The Labute approximate surface area is 201 Å². The van der Waals surface area contributed by atoms with E-state index in [2.05, 4.69) is 0 Å². The predicted molar refractivity (Wildman–Crippen MR) is 133 cm³/mol. The van der Waals surface area contributed by atoms with Crippen LogP contribution >= 0.6 is 0 Å². The van der Waals surface area contributed by atoms with Crippen molar-refractivity contribution in [3.8, 4) is 22.7 Å². The highest BCUT2D eigenvalue weighted by Crippen LogP contribution is 2.25. The Morgan fingerprint density at radius 3 is 2.46 bits per heavy atom. The van der Waals surface area contributed by atoms with E-state index in [0.29, 0.717) is 17.9 Å². The van der Waals surface area contributed by atoms with Gasteiger partial charge in [-0.15, -0.1) is 0 Å². The summed E-state index contributed by atoms with van der Waals surface area (Å²) in [4.78, 5) is 25.9. The summed E-state index contributed by atoms with van der Waals surface area (Å²) in [6.45, 7) is 0.221. The van der Waals surface area contributed by atoms with E-state index in [9.17, 15) is 9.59 Å². The lowest BCUT2D eigenvalue weighted by molar-refractivity contribution is -0.132. The third-order valence-corrected chi connectivity index (χ3v) is 5.65. The summed E-state index contributed by atoms with van der Waals surface area (Å²) in [6.07, 6.45) is 1.95. The molecule has 174 valence electrons. The minimum Gasteiger partial charge on any atom is -0.484 e. The molecule has 0 unspecified atom stereocenters. The van der Waals surface area contributed by atoms with Gasteiger partial charge < -0.3 is 14.1 Å². The lowest BCUT2D eigenvalue weighted by Crippen LogP contribution is -2.31. The first-order chi connectivity index (χ1) is 17.1. The summed E-state index contributed by atoms with van der Waals surface area (Å²) in [5.41, 5.74) is 3.64. The predicted octanol–water partition coefficient (Wildman–Crippen LogP) is 4.68. The summed E-state index contributed by atoms with van der Waals surface area (Å²) < 4.78 is 12.7. The number of aromatic nitrogens is 2. The fourth-order valence-electron chi connectivity index (χ4n) is 3.81. The second kappa shape index (κ2) is 9.69. The summed E-state index contributed by atoms with van der Waals surface area (Å²) >= 11 is 0. The molecule has 0 atom stereocenters. The average molecular weight is 466 g/mol. The number of fused-ring (bicyclic) bond motifs is 1. The normalized spacial score (nSPS) is 10.9. The highest BCUT2D eigenvalue weighted by atomic mass is 16.5. The number of carbonyl (C=O) groups excluding carboxylic acids is 1. The van der Waals surface area contributed by atoms with Gasteiger partial charge in [-0.3, -0.25) is 4.79 Å². The molecular weight excluding hydrogens is 442 g/mol. The van der Waals surface area contributed by atoms with Crippen LogP contribution in [0.5, 0.6) is 5.75 Å². The zero-order chi connectivity index (χ0) is 24.2. The Hall–Kier alpha value is -4.65. The molecule has 1 amide bonds. The average Bonchev–Trinajstić information content (AvgIpc) is 3.31. The van der Waals surface area contributed by atoms with Crippen LogP contribution < -0.4 is 10.4 Å². The molecule has 5 rings (SSSR count). The lowest BCUT2D eigenvalue weighted by Gasteiger charge is -2.17. The van der Waals surface area contributed by atoms with E-state index in [-0.39, 0.29) is 12.5 Å². The molecule has 0 aliphatic rings. The Balaban J connectivity index is 1.33. The zero-order valence-corrected chi connectivity index (χ0v) is 19.1. The monoisotopic (exact) mass is 465 g/mol. The highest BCUT2D eigenvalue weighted by Gasteiger charge is 2.17. The largest absolute Gasteiger partial charge is 0.484 e. The van der Waals surface area contributed by atoms with E-state index >= 15 is 0 Å². The number of benzene rings is 3. The van der Waals surface area contributed by atoms with Gasteiger partial charge in [0, 0.05) is 48.4 Å². The van der Waals surface area contributed by atoms with Gasteiger partial charge in [0.1, 0.15) is 11.3 Å². The summed E-state index contributed by atoms with van der Waals surface area (Å²) in [5, 5.41) is 5.59. The first kappa shape index (κ1) is 22.2. The van der Waals surface area contributed by atoms with Crippen LogP contribution in [0.3, 0.4) is 0 Å². The maximum atomic E-state index is 12.9. The van der Waals surface area contributed by atoms with Crippen molar-refractivity contribution in [2.45, 2.75) is 6.54 Å². The van der Waals surface area contributed by atoms with Crippen LogP contribution in [0.1, 0.15) is 5.56 Å².